The zero-order chi connectivity index (χ0) is 12.7. The highest BCUT2D eigenvalue weighted by molar-refractivity contribution is 8.00. The van der Waals surface area contributed by atoms with Crippen LogP contribution in [0.4, 0.5) is 13.2 Å². The zero-order valence-corrected chi connectivity index (χ0v) is 9.62. The minimum atomic E-state index is -6.13. The van der Waals surface area contributed by atoms with E-state index in [0.29, 0.717) is 0 Å². The third kappa shape index (κ3) is 3.31. The maximum absolute atomic E-state index is 11.8. The van der Waals surface area contributed by atoms with Gasteiger partial charge >= 0.3 is 15.6 Å². The molecule has 15 heavy (non-hydrogen) atoms. The lowest BCUT2D eigenvalue weighted by molar-refractivity contribution is -0.0499. The predicted octanol–water partition coefficient (Wildman–Crippen LogP) is 0.981. The summed E-state index contributed by atoms with van der Waals surface area (Å²) in [4.78, 5) is 0. The summed E-state index contributed by atoms with van der Waals surface area (Å²) in [5.41, 5.74) is -5.76. The van der Waals surface area contributed by atoms with Crippen LogP contribution in [0.1, 0.15) is 20.8 Å². The minimum Gasteiger partial charge on any atom is -0.198 e. The van der Waals surface area contributed by atoms with Crippen molar-refractivity contribution in [2.75, 3.05) is 0 Å². The molecule has 0 rings (SSSR count). The van der Waals surface area contributed by atoms with Gasteiger partial charge in [0, 0.05) is 0 Å². The van der Waals surface area contributed by atoms with Gasteiger partial charge in [0.15, 0.2) is 0 Å². The number of halogens is 3. The number of hydrogen-bond donors (Lipinski definition) is 0. The molecule has 0 aliphatic rings. The second kappa shape index (κ2) is 3.59. The predicted molar refractivity (Wildman–Crippen MR) is 44.7 cm³/mol. The molecule has 92 valence electrons. The Kier molecular flexibility index (Phi) is 3.51. The molecule has 0 unspecified atom stereocenters. The van der Waals surface area contributed by atoms with E-state index < -0.39 is 30.5 Å². The lowest BCUT2D eigenvalue weighted by Gasteiger charge is -2.18. The van der Waals surface area contributed by atoms with E-state index in [0.717, 1.165) is 20.8 Å². The third-order valence-corrected chi connectivity index (χ3v) is 4.71. The summed E-state index contributed by atoms with van der Waals surface area (Å²) < 4.78 is 79.5. The van der Waals surface area contributed by atoms with Crippen molar-refractivity contribution in [3.8, 4) is 0 Å². The molecule has 0 fully saturated rings. The Morgan fingerprint density at radius 1 is 0.867 bits per heavy atom. The molecule has 0 spiro atoms. The fraction of sp³-hybridized carbons (Fsp3) is 1.00. The van der Waals surface area contributed by atoms with Crippen molar-refractivity contribution in [1.29, 1.82) is 0 Å². The zero-order valence-electron chi connectivity index (χ0n) is 7.99. The Hall–Kier alpha value is -0.350. The summed E-state index contributed by atoms with van der Waals surface area (Å²) in [5, 5.41) is 0. The molecule has 0 aromatic heterocycles. The van der Waals surface area contributed by atoms with Gasteiger partial charge in [0.2, 0.25) is 0 Å². The summed E-state index contributed by atoms with van der Waals surface area (Å²) in [7, 11) is -11.0. The van der Waals surface area contributed by atoms with E-state index in [4.69, 9.17) is 0 Å². The molecular formula is C5H9F3O5S2. The van der Waals surface area contributed by atoms with Crippen LogP contribution in [-0.4, -0.2) is 27.1 Å². The second-order valence-electron chi connectivity index (χ2n) is 3.53. The molecule has 0 N–H and O–H groups in total. The summed E-state index contributed by atoms with van der Waals surface area (Å²) in [6.45, 7) is 3.02. The van der Waals surface area contributed by atoms with Crippen molar-refractivity contribution in [2.24, 2.45) is 0 Å². The lowest BCUT2D eigenvalue weighted by Crippen LogP contribution is -2.36. The van der Waals surface area contributed by atoms with Gasteiger partial charge in [0.05, 0.1) is 4.75 Å². The molecule has 5 nitrogen and oxygen atoms in total. The number of alkyl halides is 3. The van der Waals surface area contributed by atoms with Gasteiger partial charge in [-0.3, -0.25) is 0 Å². The van der Waals surface area contributed by atoms with Crippen LogP contribution in [0.3, 0.4) is 0 Å². The molecule has 0 atom stereocenters. The average Bonchev–Trinajstić information content (AvgIpc) is 1.77. The number of rotatable bonds is 2. The van der Waals surface area contributed by atoms with E-state index in [9.17, 15) is 30.0 Å². The molecule has 0 aliphatic heterocycles. The maximum Gasteiger partial charge on any atom is 0.524 e. The van der Waals surface area contributed by atoms with Crippen LogP contribution in [0.15, 0.2) is 0 Å². The van der Waals surface area contributed by atoms with E-state index in [-0.39, 0.29) is 0 Å². The highest BCUT2D eigenvalue weighted by Gasteiger charge is 2.52. The largest absolute Gasteiger partial charge is 0.524 e. The van der Waals surface area contributed by atoms with Gasteiger partial charge < -0.3 is 0 Å². The summed E-state index contributed by atoms with van der Waals surface area (Å²) >= 11 is 0. The van der Waals surface area contributed by atoms with Crippen LogP contribution in [-0.2, 0) is 23.9 Å². The van der Waals surface area contributed by atoms with Crippen molar-refractivity contribution in [1.82, 2.24) is 0 Å². The Morgan fingerprint density at radius 2 is 1.20 bits per heavy atom. The van der Waals surface area contributed by atoms with Crippen LogP contribution >= 0.6 is 0 Å². The fourth-order valence-corrected chi connectivity index (χ4v) is 2.33. The Labute approximate surface area is 85.5 Å². The van der Waals surface area contributed by atoms with Crippen LogP contribution in [0.25, 0.3) is 0 Å². The monoisotopic (exact) mass is 270 g/mol. The van der Waals surface area contributed by atoms with Crippen LogP contribution in [0, 0.1) is 0 Å². The van der Waals surface area contributed by atoms with Crippen LogP contribution in [0.2, 0.25) is 0 Å². The van der Waals surface area contributed by atoms with Crippen molar-refractivity contribution in [3.63, 3.8) is 0 Å². The van der Waals surface area contributed by atoms with E-state index in [1.54, 1.807) is 0 Å². The van der Waals surface area contributed by atoms with Gasteiger partial charge in [-0.05, 0) is 20.8 Å². The van der Waals surface area contributed by atoms with Crippen LogP contribution in [0.5, 0.6) is 0 Å². The molecule has 0 heterocycles. The molecule has 0 radical (unpaired) electrons. The first-order chi connectivity index (χ1) is 6.21. The van der Waals surface area contributed by atoms with Crippen molar-refractivity contribution in [2.45, 2.75) is 31.0 Å². The molecule has 0 amide bonds. The average molecular weight is 270 g/mol. The third-order valence-electron chi connectivity index (χ3n) is 1.21. The van der Waals surface area contributed by atoms with Crippen LogP contribution < -0.4 is 0 Å². The van der Waals surface area contributed by atoms with Crippen molar-refractivity contribution < 1.29 is 33.6 Å². The molecular weight excluding hydrogens is 261 g/mol. The molecule has 0 saturated carbocycles. The maximum atomic E-state index is 11.8. The minimum absolute atomic E-state index is 1.01. The first kappa shape index (κ1) is 14.6. The topological polar surface area (TPSA) is 77.5 Å². The summed E-state index contributed by atoms with van der Waals surface area (Å²) in [5.74, 6) is 0. The van der Waals surface area contributed by atoms with E-state index >= 15 is 0 Å². The highest BCUT2D eigenvalue weighted by atomic mass is 32.3. The molecule has 0 aromatic carbocycles. The Balaban J connectivity index is 5.28. The van der Waals surface area contributed by atoms with Gasteiger partial charge in [0.25, 0.3) is 10.1 Å². The normalized spacial score (nSPS) is 15.3. The summed E-state index contributed by atoms with van der Waals surface area (Å²) in [6, 6.07) is 0. The molecule has 10 heteroatoms. The first-order valence-corrected chi connectivity index (χ1v) is 6.29. The Morgan fingerprint density at radius 3 is 1.40 bits per heavy atom. The first-order valence-electron chi connectivity index (χ1n) is 3.48. The molecule has 0 aliphatic carbocycles. The molecule has 0 aromatic rings. The SMILES string of the molecule is CC(C)(C)S(=O)(=O)OS(=O)(=O)C(F)(F)F. The van der Waals surface area contributed by atoms with E-state index in [1.165, 1.54) is 0 Å². The molecule has 0 bridgehead atoms. The quantitative estimate of drug-likeness (QED) is 0.699. The van der Waals surface area contributed by atoms with Crippen molar-refractivity contribution in [3.05, 3.63) is 0 Å². The highest BCUT2D eigenvalue weighted by Crippen LogP contribution is 2.29. The van der Waals surface area contributed by atoms with Gasteiger partial charge in [-0.1, -0.05) is 0 Å². The smallest absolute Gasteiger partial charge is 0.198 e. The fourth-order valence-electron chi connectivity index (χ4n) is 0.259. The Bertz CT molecular complexity index is 382. The van der Waals surface area contributed by atoms with Gasteiger partial charge in [-0.2, -0.15) is 30.0 Å². The van der Waals surface area contributed by atoms with Gasteiger partial charge in [-0.25, -0.2) is 0 Å². The standard InChI is InChI=1S/C5H9F3O5S2/c1-4(2,3)14(9,10)13-15(11,12)5(6,7)8/h1-3H3. The van der Waals surface area contributed by atoms with E-state index in [1.807, 2.05) is 0 Å². The van der Waals surface area contributed by atoms with Crippen molar-refractivity contribution >= 4 is 20.2 Å². The van der Waals surface area contributed by atoms with Gasteiger partial charge in [-0.15, -0.1) is 3.63 Å². The van der Waals surface area contributed by atoms with E-state index in [2.05, 4.69) is 3.63 Å². The number of hydrogen-bond acceptors (Lipinski definition) is 5. The second-order valence-corrected chi connectivity index (χ2v) is 7.58. The molecule has 0 saturated heterocycles. The lowest BCUT2D eigenvalue weighted by atomic mass is 10.3. The summed E-state index contributed by atoms with van der Waals surface area (Å²) in [6.07, 6.45) is 0. The van der Waals surface area contributed by atoms with Gasteiger partial charge in [0.1, 0.15) is 0 Å².